The maximum absolute atomic E-state index is 11.4. The highest BCUT2D eigenvalue weighted by atomic mass is 32.1. The Labute approximate surface area is 151 Å². The Kier molecular flexibility index (Phi) is 4.72. The van der Waals surface area contributed by atoms with Crippen molar-refractivity contribution in [2.45, 2.75) is 32.2 Å². The van der Waals surface area contributed by atoms with Gasteiger partial charge < -0.3 is 14.2 Å². The predicted octanol–water partition coefficient (Wildman–Crippen LogP) is 2.96. The first kappa shape index (κ1) is 16.5. The third-order valence-electron chi connectivity index (χ3n) is 5.21. The molecule has 6 heteroatoms. The largest absolute Gasteiger partial charge is 0.469 e. The van der Waals surface area contributed by atoms with E-state index >= 15 is 0 Å². The molecule has 2 aromatic heterocycles. The third-order valence-corrected chi connectivity index (χ3v) is 6.18. The van der Waals surface area contributed by atoms with Gasteiger partial charge in [0, 0.05) is 49.0 Å². The molecule has 2 aromatic rings. The number of piperidine rings is 1. The van der Waals surface area contributed by atoms with E-state index in [1.165, 1.54) is 28.7 Å². The summed E-state index contributed by atoms with van der Waals surface area (Å²) < 4.78 is 7.04. The number of carbonyl (C=O) groups excluding carboxylic acids is 1. The van der Waals surface area contributed by atoms with Crippen LogP contribution in [0.1, 0.15) is 35.5 Å². The number of thiophene rings is 1. The van der Waals surface area contributed by atoms with Crippen LogP contribution in [-0.4, -0.2) is 47.2 Å². The topological polar surface area (TPSA) is 47.4 Å². The minimum Gasteiger partial charge on any atom is -0.469 e. The standard InChI is InChI=1S/C19H23N3O2S/c1-24-16(23)5-10-21-8-2-14(3-9-21)17-18-15(6-13-25-18)4-11-22-12-7-20-19(17)22/h6-7,12-13H,2-5,8-11H2,1H3. The molecule has 25 heavy (non-hydrogen) atoms. The van der Waals surface area contributed by atoms with Gasteiger partial charge in [0.15, 0.2) is 0 Å². The van der Waals surface area contributed by atoms with E-state index in [0.717, 1.165) is 51.3 Å². The molecule has 0 saturated carbocycles. The fourth-order valence-corrected chi connectivity index (χ4v) is 4.82. The molecule has 132 valence electrons. The van der Waals surface area contributed by atoms with Gasteiger partial charge in [0.2, 0.25) is 0 Å². The van der Waals surface area contributed by atoms with Crippen LogP contribution < -0.4 is 0 Å². The van der Waals surface area contributed by atoms with Crippen molar-refractivity contribution in [2.24, 2.45) is 0 Å². The zero-order valence-corrected chi connectivity index (χ0v) is 15.3. The maximum atomic E-state index is 11.4. The highest BCUT2D eigenvalue weighted by Crippen LogP contribution is 2.38. The summed E-state index contributed by atoms with van der Waals surface area (Å²) >= 11 is 1.84. The fourth-order valence-electron chi connectivity index (χ4n) is 3.78. The Hall–Kier alpha value is -1.92. The number of aromatic nitrogens is 2. The van der Waals surface area contributed by atoms with Crippen LogP contribution in [0.3, 0.4) is 0 Å². The van der Waals surface area contributed by atoms with Crippen molar-refractivity contribution in [1.82, 2.24) is 14.5 Å². The summed E-state index contributed by atoms with van der Waals surface area (Å²) in [4.78, 5) is 19.8. The quantitative estimate of drug-likeness (QED) is 0.793. The van der Waals surface area contributed by atoms with Crippen LogP contribution in [-0.2, 0) is 22.5 Å². The predicted molar refractivity (Wildman–Crippen MR) is 98.6 cm³/mol. The molecule has 4 heterocycles. The molecule has 4 rings (SSSR count). The van der Waals surface area contributed by atoms with Crippen molar-refractivity contribution in [3.63, 3.8) is 0 Å². The van der Waals surface area contributed by atoms with Crippen LogP contribution in [0.4, 0.5) is 0 Å². The molecule has 0 atom stereocenters. The van der Waals surface area contributed by atoms with Gasteiger partial charge in [-0.15, -0.1) is 11.3 Å². The number of rotatable bonds is 3. The van der Waals surface area contributed by atoms with E-state index in [1.807, 2.05) is 17.5 Å². The SMILES string of the molecule is COC(=O)CCN1CCC(=C2c3sccc3CCn3ccnc32)CC1. The normalized spacial score (nSPS) is 17.8. The second-order valence-corrected chi connectivity index (χ2v) is 7.53. The molecule has 0 spiro atoms. The zero-order valence-electron chi connectivity index (χ0n) is 14.5. The van der Waals surface area contributed by atoms with Gasteiger partial charge in [-0.25, -0.2) is 4.98 Å². The number of carbonyl (C=O) groups is 1. The summed E-state index contributed by atoms with van der Waals surface area (Å²) in [6.45, 7) is 3.78. The average molecular weight is 357 g/mol. The van der Waals surface area contributed by atoms with E-state index in [4.69, 9.17) is 4.74 Å². The molecule has 0 radical (unpaired) electrons. The van der Waals surface area contributed by atoms with Crippen molar-refractivity contribution >= 4 is 22.9 Å². The maximum Gasteiger partial charge on any atom is 0.306 e. The lowest BCUT2D eigenvalue weighted by Crippen LogP contribution is -2.33. The second-order valence-electron chi connectivity index (χ2n) is 6.62. The van der Waals surface area contributed by atoms with Crippen LogP contribution in [0.15, 0.2) is 29.4 Å². The van der Waals surface area contributed by atoms with Gasteiger partial charge in [-0.05, 0) is 36.3 Å². The first-order valence-electron chi connectivity index (χ1n) is 8.85. The van der Waals surface area contributed by atoms with Gasteiger partial charge in [0.05, 0.1) is 13.5 Å². The molecular weight excluding hydrogens is 334 g/mol. The van der Waals surface area contributed by atoms with Crippen molar-refractivity contribution in [1.29, 1.82) is 0 Å². The molecular formula is C19H23N3O2S. The molecule has 5 nitrogen and oxygen atoms in total. The lowest BCUT2D eigenvalue weighted by molar-refractivity contribution is -0.141. The summed E-state index contributed by atoms with van der Waals surface area (Å²) in [5.41, 5.74) is 4.32. The van der Waals surface area contributed by atoms with Crippen molar-refractivity contribution in [3.05, 3.63) is 45.7 Å². The minimum atomic E-state index is -0.127. The Bertz CT molecular complexity index is 751. The van der Waals surface area contributed by atoms with Gasteiger partial charge in [0.25, 0.3) is 0 Å². The van der Waals surface area contributed by atoms with E-state index in [2.05, 4.69) is 32.1 Å². The summed E-state index contributed by atoms with van der Waals surface area (Å²) in [6, 6.07) is 2.26. The Morgan fingerprint density at radius 3 is 2.92 bits per heavy atom. The zero-order chi connectivity index (χ0) is 17.2. The number of imidazole rings is 1. The van der Waals surface area contributed by atoms with Crippen LogP contribution in [0.25, 0.3) is 5.57 Å². The molecule has 1 saturated heterocycles. The molecule has 1 fully saturated rings. The first-order valence-corrected chi connectivity index (χ1v) is 9.73. The number of hydrogen-bond donors (Lipinski definition) is 0. The van der Waals surface area contributed by atoms with E-state index in [-0.39, 0.29) is 5.97 Å². The van der Waals surface area contributed by atoms with Crippen LogP contribution in [0.2, 0.25) is 0 Å². The average Bonchev–Trinajstić information content (AvgIpc) is 3.27. The van der Waals surface area contributed by atoms with E-state index < -0.39 is 0 Å². The summed E-state index contributed by atoms with van der Waals surface area (Å²) in [5, 5.41) is 2.20. The monoisotopic (exact) mass is 357 g/mol. The number of hydrogen-bond acceptors (Lipinski definition) is 5. The van der Waals surface area contributed by atoms with Crippen molar-refractivity contribution < 1.29 is 9.53 Å². The summed E-state index contributed by atoms with van der Waals surface area (Å²) in [6.07, 6.45) is 7.64. The highest BCUT2D eigenvalue weighted by Gasteiger charge is 2.25. The third kappa shape index (κ3) is 3.28. The Morgan fingerprint density at radius 2 is 2.12 bits per heavy atom. The number of aryl methyl sites for hydroxylation is 2. The fraction of sp³-hybridized carbons (Fsp3) is 0.474. The van der Waals surface area contributed by atoms with E-state index in [1.54, 1.807) is 0 Å². The van der Waals surface area contributed by atoms with Crippen molar-refractivity contribution in [2.75, 3.05) is 26.7 Å². The van der Waals surface area contributed by atoms with Gasteiger partial charge in [-0.2, -0.15) is 0 Å². The molecule has 0 unspecified atom stereocenters. The number of ether oxygens (including phenoxy) is 1. The molecule has 0 aliphatic carbocycles. The number of likely N-dealkylation sites (tertiary alicyclic amines) is 1. The van der Waals surface area contributed by atoms with Gasteiger partial charge >= 0.3 is 5.97 Å². The molecule has 2 aliphatic rings. The second kappa shape index (κ2) is 7.14. The number of methoxy groups -OCH3 is 1. The highest BCUT2D eigenvalue weighted by molar-refractivity contribution is 7.11. The smallest absolute Gasteiger partial charge is 0.306 e. The summed E-state index contributed by atoms with van der Waals surface area (Å²) in [5.74, 6) is 0.998. The number of esters is 1. The number of fused-ring (bicyclic) bond motifs is 2. The lowest BCUT2D eigenvalue weighted by Gasteiger charge is -2.29. The lowest BCUT2D eigenvalue weighted by atomic mass is 9.95. The number of nitrogens with zero attached hydrogens (tertiary/aromatic N) is 3. The summed E-state index contributed by atoms with van der Waals surface area (Å²) in [7, 11) is 1.45. The molecule has 0 aromatic carbocycles. The van der Waals surface area contributed by atoms with E-state index in [0.29, 0.717) is 6.42 Å². The molecule has 0 N–H and O–H groups in total. The Balaban J connectivity index is 1.58. The van der Waals surface area contributed by atoms with Gasteiger partial charge in [-0.3, -0.25) is 4.79 Å². The Morgan fingerprint density at radius 1 is 1.28 bits per heavy atom. The van der Waals surface area contributed by atoms with Crippen LogP contribution in [0.5, 0.6) is 0 Å². The molecule has 0 bridgehead atoms. The molecule has 0 amide bonds. The van der Waals surface area contributed by atoms with Crippen LogP contribution >= 0.6 is 11.3 Å². The first-order chi connectivity index (χ1) is 12.3. The van der Waals surface area contributed by atoms with Gasteiger partial charge in [-0.1, -0.05) is 5.57 Å². The van der Waals surface area contributed by atoms with Crippen LogP contribution in [0, 0.1) is 0 Å². The minimum absolute atomic E-state index is 0.127. The van der Waals surface area contributed by atoms with Crippen molar-refractivity contribution in [3.8, 4) is 0 Å². The van der Waals surface area contributed by atoms with E-state index in [9.17, 15) is 4.79 Å². The van der Waals surface area contributed by atoms with Gasteiger partial charge in [0.1, 0.15) is 5.82 Å². The molecule has 2 aliphatic heterocycles.